The normalized spacial score (nSPS) is 15.2. The number of aliphatic hydroxyl groups excluding tert-OH is 2. The van der Waals surface area contributed by atoms with Gasteiger partial charge in [0, 0.05) is 10.8 Å². The van der Waals surface area contributed by atoms with Crippen LogP contribution in [0.4, 0.5) is 0 Å². The van der Waals surface area contributed by atoms with Crippen LogP contribution in [-0.4, -0.2) is 22.1 Å². The van der Waals surface area contributed by atoms with Crippen LogP contribution < -0.4 is 0 Å². The van der Waals surface area contributed by atoms with Crippen LogP contribution in [0.1, 0.15) is 17.2 Å². The second-order valence-electron chi connectivity index (χ2n) is 3.20. The second-order valence-corrected chi connectivity index (χ2v) is 3.98. The van der Waals surface area contributed by atoms with E-state index in [9.17, 15) is 10.2 Å². The standard InChI is InChI=1S/C10H13ClO2S/c1-6-4-7(2-3-8(6)11)10(13)9(12)5-14/h2-4,9-10,12-14H,5H2,1H3. The lowest BCUT2D eigenvalue weighted by molar-refractivity contribution is 0.0337. The quantitative estimate of drug-likeness (QED) is 0.698. The van der Waals surface area contributed by atoms with Crippen LogP contribution in [0.5, 0.6) is 0 Å². The molecular formula is C10H13ClO2S. The third kappa shape index (κ3) is 2.64. The van der Waals surface area contributed by atoms with Crippen LogP contribution in [0.15, 0.2) is 18.2 Å². The number of aliphatic hydroxyl groups is 2. The summed E-state index contributed by atoms with van der Waals surface area (Å²) in [6, 6.07) is 5.17. The summed E-state index contributed by atoms with van der Waals surface area (Å²) >= 11 is 9.75. The molecule has 78 valence electrons. The van der Waals surface area contributed by atoms with Crippen LogP contribution in [0.2, 0.25) is 5.02 Å². The molecule has 4 heteroatoms. The highest BCUT2D eigenvalue weighted by atomic mass is 35.5. The Morgan fingerprint density at radius 3 is 2.57 bits per heavy atom. The Morgan fingerprint density at radius 2 is 2.07 bits per heavy atom. The van der Waals surface area contributed by atoms with E-state index in [2.05, 4.69) is 12.6 Å². The van der Waals surface area contributed by atoms with Crippen LogP contribution in [0.3, 0.4) is 0 Å². The fourth-order valence-corrected chi connectivity index (χ4v) is 1.49. The minimum absolute atomic E-state index is 0.225. The largest absolute Gasteiger partial charge is 0.389 e. The fraction of sp³-hybridized carbons (Fsp3) is 0.400. The van der Waals surface area contributed by atoms with Crippen molar-refractivity contribution in [2.45, 2.75) is 19.1 Å². The molecule has 0 bridgehead atoms. The van der Waals surface area contributed by atoms with Crippen LogP contribution in [-0.2, 0) is 0 Å². The molecule has 2 nitrogen and oxygen atoms in total. The van der Waals surface area contributed by atoms with E-state index in [1.807, 2.05) is 6.92 Å². The number of aryl methyl sites for hydroxylation is 1. The lowest BCUT2D eigenvalue weighted by atomic mass is 10.0. The van der Waals surface area contributed by atoms with Gasteiger partial charge in [-0.15, -0.1) is 0 Å². The molecule has 0 aliphatic carbocycles. The van der Waals surface area contributed by atoms with E-state index in [0.717, 1.165) is 5.56 Å². The topological polar surface area (TPSA) is 40.5 Å². The van der Waals surface area contributed by atoms with Gasteiger partial charge in [0.15, 0.2) is 0 Å². The maximum atomic E-state index is 9.66. The summed E-state index contributed by atoms with van der Waals surface area (Å²) in [5.41, 5.74) is 1.54. The molecule has 0 spiro atoms. The smallest absolute Gasteiger partial charge is 0.106 e. The molecule has 0 saturated heterocycles. The second kappa shape index (κ2) is 5.03. The van der Waals surface area contributed by atoms with Gasteiger partial charge in [0.25, 0.3) is 0 Å². The van der Waals surface area contributed by atoms with E-state index in [4.69, 9.17) is 11.6 Å². The molecule has 1 rings (SSSR count). The Hall–Kier alpha value is -0.220. The van der Waals surface area contributed by atoms with E-state index >= 15 is 0 Å². The summed E-state index contributed by atoms with van der Waals surface area (Å²) < 4.78 is 0. The highest BCUT2D eigenvalue weighted by Crippen LogP contribution is 2.23. The molecule has 0 saturated carbocycles. The molecule has 2 atom stereocenters. The van der Waals surface area contributed by atoms with Gasteiger partial charge in [-0.2, -0.15) is 12.6 Å². The first kappa shape index (κ1) is 11.9. The van der Waals surface area contributed by atoms with Crippen LogP contribution in [0, 0.1) is 6.92 Å². The lowest BCUT2D eigenvalue weighted by Crippen LogP contribution is -2.19. The van der Waals surface area contributed by atoms with Gasteiger partial charge >= 0.3 is 0 Å². The third-order valence-electron chi connectivity index (χ3n) is 2.08. The summed E-state index contributed by atoms with van der Waals surface area (Å²) in [6.07, 6.45) is -1.75. The van der Waals surface area contributed by atoms with Gasteiger partial charge in [-0.25, -0.2) is 0 Å². The number of halogens is 1. The number of rotatable bonds is 3. The summed E-state index contributed by atoms with van der Waals surface area (Å²) in [5.74, 6) is 0.225. The van der Waals surface area contributed by atoms with Crippen molar-refractivity contribution in [3.63, 3.8) is 0 Å². The van der Waals surface area contributed by atoms with Gasteiger partial charge in [-0.1, -0.05) is 23.7 Å². The van der Waals surface area contributed by atoms with Crippen molar-refractivity contribution >= 4 is 24.2 Å². The van der Waals surface area contributed by atoms with E-state index in [0.29, 0.717) is 10.6 Å². The zero-order valence-electron chi connectivity index (χ0n) is 7.81. The van der Waals surface area contributed by atoms with E-state index in [1.54, 1.807) is 18.2 Å². The zero-order valence-corrected chi connectivity index (χ0v) is 9.46. The minimum atomic E-state index is -0.900. The van der Waals surface area contributed by atoms with Crippen LogP contribution in [0.25, 0.3) is 0 Å². The Kier molecular flexibility index (Phi) is 4.26. The summed E-state index contributed by atoms with van der Waals surface area (Å²) in [4.78, 5) is 0. The van der Waals surface area contributed by atoms with Crippen molar-refractivity contribution in [2.75, 3.05) is 5.75 Å². The number of hydrogen-bond acceptors (Lipinski definition) is 3. The molecule has 14 heavy (non-hydrogen) atoms. The average molecular weight is 233 g/mol. The predicted octanol–water partition coefficient (Wildman–Crippen LogP) is 1.97. The summed E-state index contributed by atoms with van der Waals surface area (Å²) in [7, 11) is 0. The van der Waals surface area contributed by atoms with Crippen molar-refractivity contribution in [1.29, 1.82) is 0 Å². The SMILES string of the molecule is Cc1cc(C(O)C(O)CS)ccc1Cl. The maximum absolute atomic E-state index is 9.66. The first-order chi connectivity index (χ1) is 6.56. The van der Waals surface area contributed by atoms with Crippen molar-refractivity contribution in [1.82, 2.24) is 0 Å². The molecule has 0 aliphatic rings. The molecule has 2 unspecified atom stereocenters. The highest BCUT2D eigenvalue weighted by molar-refractivity contribution is 7.80. The van der Waals surface area contributed by atoms with Crippen molar-refractivity contribution < 1.29 is 10.2 Å². The van der Waals surface area contributed by atoms with Crippen molar-refractivity contribution in [3.8, 4) is 0 Å². The van der Waals surface area contributed by atoms with Gasteiger partial charge < -0.3 is 10.2 Å². The first-order valence-electron chi connectivity index (χ1n) is 4.29. The Labute approximate surface area is 93.9 Å². The monoisotopic (exact) mass is 232 g/mol. The lowest BCUT2D eigenvalue weighted by Gasteiger charge is -2.16. The minimum Gasteiger partial charge on any atom is -0.389 e. The Balaban J connectivity index is 2.91. The van der Waals surface area contributed by atoms with Crippen LogP contribution >= 0.6 is 24.2 Å². The maximum Gasteiger partial charge on any atom is 0.106 e. The zero-order chi connectivity index (χ0) is 10.7. The molecule has 1 aromatic carbocycles. The molecule has 0 aromatic heterocycles. The van der Waals surface area contributed by atoms with Crippen molar-refractivity contribution in [3.05, 3.63) is 34.3 Å². The molecule has 1 aromatic rings. The average Bonchev–Trinajstić information content (AvgIpc) is 2.20. The Bertz CT molecular complexity index is 317. The summed E-state index contributed by atoms with van der Waals surface area (Å²) in [6.45, 7) is 1.85. The predicted molar refractivity (Wildman–Crippen MR) is 61.0 cm³/mol. The molecule has 0 fully saturated rings. The molecular weight excluding hydrogens is 220 g/mol. The van der Waals surface area contributed by atoms with Gasteiger partial charge in [0.05, 0.1) is 6.10 Å². The fourth-order valence-electron chi connectivity index (χ4n) is 1.17. The Morgan fingerprint density at radius 1 is 1.43 bits per heavy atom. The molecule has 2 N–H and O–H groups in total. The van der Waals surface area contributed by atoms with Gasteiger partial charge in [-0.05, 0) is 24.1 Å². The number of thiol groups is 1. The molecule has 0 radical (unpaired) electrons. The number of benzene rings is 1. The molecule has 0 amide bonds. The number of hydrogen-bond donors (Lipinski definition) is 3. The van der Waals surface area contributed by atoms with E-state index in [-0.39, 0.29) is 5.75 Å². The first-order valence-corrected chi connectivity index (χ1v) is 5.30. The highest BCUT2D eigenvalue weighted by Gasteiger charge is 2.16. The molecule has 0 heterocycles. The van der Waals surface area contributed by atoms with Gasteiger partial charge in [-0.3, -0.25) is 0 Å². The summed E-state index contributed by atoms with van der Waals surface area (Å²) in [5, 5.41) is 19.7. The third-order valence-corrected chi connectivity index (χ3v) is 2.87. The van der Waals surface area contributed by atoms with Crippen molar-refractivity contribution in [2.24, 2.45) is 0 Å². The van der Waals surface area contributed by atoms with E-state index in [1.165, 1.54) is 0 Å². The van der Waals surface area contributed by atoms with E-state index < -0.39 is 12.2 Å². The molecule has 0 aliphatic heterocycles. The van der Waals surface area contributed by atoms with Gasteiger partial charge in [0.1, 0.15) is 6.10 Å². The van der Waals surface area contributed by atoms with Gasteiger partial charge in [0.2, 0.25) is 0 Å².